The second kappa shape index (κ2) is 4.14. The van der Waals surface area contributed by atoms with Crippen LogP contribution in [0.5, 0.6) is 0 Å². The van der Waals surface area contributed by atoms with E-state index in [1.807, 2.05) is 13.2 Å². The highest BCUT2D eigenvalue weighted by atomic mass is 16.5. The van der Waals surface area contributed by atoms with Crippen LogP contribution >= 0.6 is 0 Å². The lowest BCUT2D eigenvalue weighted by Gasteiger charge is -2.33. The molecule has 0 amide bonds. The van der Waals surface area contributed by atoms with Crippen LogP contribution in [0.4, 0.5) is 5.69 Å². The number of hydrogen-bond donors (Lipinski definition) is 0. The standard InChI is InChI=1S/C12H18N4O/c1-9(14-10-5-13-15(2)6-10)16-7-11-3-4-12(8-16)17-11/h5-6,11-12H,3-4,7-8H2,1-2H3. The van der Waals surface area contributed by atoms with E-state index in [2.05, 4.69) is 21.9 Å². The number of nitrogens with zero attached hydrogens (tertiary/aromatic N) is 4. The van der Waals surface area contributed by atoms with Gasteiger partial charge in [-0.15, -0.1) is 0 Å². The van der Waals surface area contributed by atoms with Crippen molar-refractivity contribution in [3.05, 3.63) is 12.4 Å². The fourth-order valence-corrected chi connectivity index (χ4v) is 2.60. The average Bonchev–Trinajstić information content (AvgIpc) is 2.85. The molecule has 0 aliphatic carbocycles. The number of rotatable bonds is 1. The van der Waals surface area contributed by atoms with Crippen molar-refractivity contribution in [3.63, 3.8) is 0 Å². The van der Waals surface area contributed by atoms with Gasteiger partial charge in [0.05, 0.1) is 24.6 Å². The minimum absolute atomic E-state index is 0.410. The number of hydrogen-bond acceptors (Lipinski definition) is 3. The molecule has 2 fully saturated rings. The summed E-state index contributed by atoms with van der Waals surface area (Å²) in [6.45, 7) is 4.02. The van der Waals surface area contributed by atoms with E-state index in [0.717, 1.165) is 24.6 Å². The molecule has 0 saturated carbocycles. The Bertz CT molecular complexity index is 427. The molecule has 5 heteroatoms. The number of aryl methyl sites for hydroxylation is 1. The molecule has 2 aliphatic rings. The van der Waals surface area contributed by atoms with E-state index in [1.54, 1.807) is 10.9 Å². The van der Waals surface area contributed by atoms with E-state index in [9.17, 15) is 0 Å². The third kappa shape index (κ3) is 2.20. The van der Waals surface area contributed by atoms with Crippen molar-refractivity contribution in [2.45, 2.75) is 32.0 Å². The van der Waals surface area contributed by atoms with Gasteiger partial charge in [0.1, 0.15) is 11.5 Å². The number of amidine groups is 1. The monoisotopic (exact) mass is 234 g/mol. The summed E-state index contributed by atoms with van der Waals surface area (Å²) < 4.78 is 7.59. The van der Waals surface area contributed by atoms with Gasteiger partial charge in [-0.2, -0.15) is 5.10 Å². The molecule has 0 aromatic carbocycles. The molecule has 0 spiro atoms. The lowest BCUT2D eigenvalue weighted by molar-refractivity contribution is -0.0158. The highest BCUT2D eigenvalue weighted by Gasteiger charge is 2.33. The van der Waals surface area contributed by atoms with Crippen molar-refractivity contribution in [2.24, 2.45) is 12.0 Å². The van der Waals surface area contributed by atoms with Crippen molar-refractivity contribution in [3.8, 4) is 0 Å². The van der Waals surface area contributed by atoms with Crippen LogP contribution in [-0.2, 0) is 11.8 Å². The second-order valence-corrected chi connectivity index (χ2v) is 4.89. The van der Waals surface area contributed by atoms with Crippen molar-refractivity contribution >= 4 is 11.5 Å². The molecule has 92 valence electrons. The molecular formula is C12H18N4O. The molecule has 2 atom stereocenters. The molecule has 0 N–H and O–H groups in total. The number of morpholine rings is 1. The highest BCUT2D eigenvalue weighted by Crippen LogP contribution is 2.26. The van der Waals surface area contributed by atoms with Gasteiger partial charge < -0.3 is 9.64 Å². The SMILES string of the molecule is CC(=Nc1cnn(C)c1)N1CC2CCC(C1)O2. The third-order valence-electron chi connectivity index (χ3n) is 3.48. The Hall–Kier alpha value is -1.36. The van der Waals surface area contributed by atoms with Crippen LogP contribution in [-0.4, -0.2) is 45.8 Å². The molecule has 3 rings (SSSR count). The molecule has 1 aromatic rings. The summed E-state index contributed by atoms with van der Waals surface area (Å²) in [5.41, 5.74) is 0.920. The van der Waals surface area contributed by atoms with E-state index in [1.165, 1.54) is 12.8 Å². The van der Waals surface area contributed by atoms with Gasteiger partial charge in [-0.3, -0.25) is 4.68 Å². The molecule has 2 unspecified atom stereocenters. The van der Waals surface area contributed by atoms with Crippen LogP contribution in [0.3, 0.4) is 0 Å². The quantitative estimate of drug-likeness (QED) is 0.544. The van der Waals surface area contributed by atoms with Crippen molar-refractivity contribution < 1.29 is 4.74 Å². The molecule has 2 bridgehead atoms. The zero-order valence-corrected chi connectivity index (χ0v) is 10.3. The van der Waals surface area contributed by atoms with Crippen molar-refractivity contribution in [2.75, 3.05) is 13.1 Å². The molecule has 17 heavy (non-hydrogen) atoms. The van der Waals surface area contributed by atoms with Gasteiger partial charge in [0, 0.05) is 20.1 Å². The van der Waals surface area contributed by atoms with Crippen LogP contribution in [0, 0.1) is 0 Å². The Morgan fingerprint density at radius 3 is 2.71 bits per heavy atom. The Kier molecular flexibility index (Phi) is 2.63. The van der Waals surface area contributed by atoms with E-state index in [0.29, 0.717) is 12.2 Å². The fraction of sp³-hybridized carbons (Fsp3) is 0.667. The largest absolute Gasteiger partial charge is 0.371 e. The zero-order chi connectivity index (χ0) is 11.8. The number of fused-ring (bicyclic) bond motifs is 2. The average molecular weight is 234 g/mol. The first-order chi connectivity index (χ1) is 8.20. The Balaban J connectivity index is 1.73. The summed E-state index contributed by atoms with van der Waals surface area (Å²) in [6.07, 6.45) is 6.93. The van der Waals surface area contributed by atoms with Crippen LogP contribution in [0.15, 0.2) is 17.4 Å². The number of ether oxygens (including phenoxy) is 1. The smallest absolute Gasteiger partial charge is 0.103 e. The van der Waals surface area contributed by atoms with Crippen LogP contribution in [0.1, 0.15) is 19.8 Å². The maximum atomic E-state index is 5.82. The molecule has 1 aromatic heterocycles. The van der Waals surface area contributed by atoms with Crippen LogP contribution in [0.2, 0.25) is 0 Å². The topological polar surface area (TPSA) is 42.7 Å². The lowest BCUT2D eigenvalue weighted by atomic mass is 10.2. The maximum absolute atomic E-state index is 5.82. The lowest BCUT2D eigenvalue weighted by Crippen LogP contribution is -2.44. The molecule has 2 aliphatic heterocycles. The van der Waals surface area contributed by atoms with Crippen LogP contribution in [0.25, 0.3) is 0 Å². The molecular weight excluding hydrogens is 216 g/mol. The Labute approximate surface area is 101 Å². The summed E-state index contributed by atoms with van der Waals surface area (Å²) in [5, 5.41) is 4.12. The van der Waals surface area contributed by atoms with E-state index < -0.39 is 0 Å². The highest BCUT2D eigenvalue weighted by molar-refractivity contribution is 5.82. The summed E-state index contributed by atoms with van der Waals surface area (Å²) >= 11 is 0. The number of aliphatic imine (C=N–C) groups is 1. The Morgan fingerprint density at radius 2 is 2.12 bits per heavy atom. The first-order valence-electron chi connectivity index (χ1n) is 6.15. The molecule has 2 saturated heterocycles. The number of aromatic nitrogens is 2. The summed E-state index contributed by atoms with van der Waals surface area (Å²) in [5.74, 6) is 1.07. The van der Waals surface area contributed by atoms with Gasteiger partial charge in [-0.25, -0.2) is 4.99 Å². The van der Waals surface area contributed by atoms with Gasteiger partial charge in [0.2, 0.25) is 0 Å². The molecule has 5 nitrogen and oxygen atoms in total. The summed E-state index contributed by atoms with van der Waals surface area (Å²) in [4.78, 5) is 6.94. The first-order valence-corrected chi connectivity index (χ1v) is 6.15. The van der Waals surface area contributed by atoms with E-state index in [4.69, 9.17) is 4.74 Å². The predicted molar refractivity (Wildman–Crippen MR) is 65.4 cm³/mol. The zero-order valence-electron chi connectivity index (χ0n) is 10.3. The van der Waals surface area contributed by atoms with E-state index >= 15 is 0 Å². The van der Waals surface area contributed by atoms with Gasteiger partial charge in [-0.1, -0.05) is 0 Å². The second-order valence-electron chi connectivity index (χ2n) is 4.89. The minimum atomic E-state index is 0.410. The van der Waals surface area contributed by atoms with Crippen LogP contribution < -0.4 is 0 Å². The summed E-state index contributed by atoms with van der Waals surface area (Å²) in [7, 11) is 1.91. The normalized spacial score (nSPS) is 28.8. The maximum Gasteiger partial charge on any atom is 0.103 e. The Morgan fingerprint density at radius 1 is 1.41 bits per heavy atom. The minimum Gasteiger partial charge on any atom is -0.371 e. The third-order valence-corrected chi connectivity index (χ3v) is 3.48. The van der Waals surface area contributed by atoms with Gasteiger partial charge in [0.15, 0.2) is 0 Å². The molecule has 0 radical (unpaired) electrons. The summed E-state index contributed by atoms with van der Waals surface area (Å²) in [6, 6.07) is 0. The fourth-order valence-electron chi connectivity index (χ4n) is 2.60. The van der Waals surface area contributed by atoms with Gasteiger partial charge >= 0.3 is 0 Å². The van der Waals surface area contributed by atoms with Crippen molar-refractivity contribution in [1.82, 2.24) is 14.7 Å². The molecule has 3 heterocycles. The predicted octanol–water partition coefficient (Wildman–Crippen LogP) is 1.33. The van der Waals surface area contributed by atoms with Gasteiger partial charge in [-0.05, 0) is 19.8 Å². The first kappa shape index (κ1) is 10.8. The van der Waals surface area contributed by atoms with Gasteiger partial charge in [0.25, 0.3) is 0 Å². The number of likely N-dealkylation sites (tertiary alicyclic amines) is 1. The van der Waals surface area contributed by atoms with E-state index in [-0.39, 0.29) is 0 Å². The van der Waals surface area contributed by atoms with Crippen molar-refractivity contribution in [1.29, 1.82) is 0 Å².